The van der Waals surface area contributed by atoms with E-state index in [-0.39, 0.29) is 0 Å². The molecule has 0 aliphatic carbocycles. The number of hydrogen-bond donors (Lipinski definition) is 0. The lowest BCUT2D eigenvalue weighted by Crippen LogP contribution is -2.33. The molecule has 0 aromatic heterocycles. The van der Waals surface area contributed by atoms with E-state index in [0.717, 1.165) is 19.6 Å². The van der Waals surface area contributed by atoms with Crippen LogP contribution in [0.2, 0.25) is 0 Å². The van der Waals surface area contributed by atoms with Gasteiger partial charge in [-0.15, -0.1) is 0 Å². The Bertz CT molecular complexity index is 109. The molecule has 2 unspecified atom stereocenters. The van der Waals surface area contributed by atoms with Gasteiger partial charge in [0.2, 0.25) is 0 Å². The summed E-state index contributed by atoms with van der Waals surface area (Å²) in [6, 6.07) is 0.602. The minimum Gasteiger partial charge on any atom is -0.385 e. The Balaban J connectivity index is 3.53. The van der Waals surface area contributed by atoms with E-state index < -0.39 is 0 Å². The first kappa shape index (κ1) is 12.4. The van der Waals surface area contributed by atoms with Gasteiger partial charge in [0.1, 0.15) is 0 Å². The van der Waals surface area contributed by atoms with E-state index in [0.29, 0.717) is 10.9 Å². The molecule has 0 rings (SSSR count). The highest BCUT2D eigenvalue weighted by Gasteiger charge is 2.10. The molecular formula is C9H20BrNO. The van der Waals surface area contributed by atoms with Crippen LogP contribution in [-0.4, -0.2) is 43.1 Å². The lowest BCUT2D eigenvalue weighted by molar-refractivity contribution is 0.154. The molecule has 0 bridgehead atoms. The first-order valence-corrected chi connectivity index (χ1v) is 5.32. The topological polar surface area (TPSA) is 12.5 Å². The zero-order chi connectivity index (χ0) is 9.56. The van der Waals surface area contributed by atoms with Crippen LogP contribution in [-0.2, 0) is 4.74 Å². The predicted octanol–water partition coefficient (Wildman–Crippen LogP) is 2.13. The van der Waals surface area contributed by atoms with Gasteiger partial charge < -0.3 is 9.64 Å². The normalized spacial score (nSPS) is 16.5. The summed E-state index contributed by atoms with van der Waals surface area (Å²) in [5, 5.41) is 0. The lowest BCUT2D eigenvalue weighted by atomic mass is 10.2. The minimum atomic E-state index is 0.562. The van der Waals surface area contributed by atoms with Crippen LogP contribution in [0.15, 0.2) is 0 Å². The van der Waals surface area contributed by atoms with E-state index in [1.165, 1.54) is 0 Å². The molecule has 0 radical (unpaired) electrons. The molecule has 0 spiro atoms. The van der Waals surface area contributed by atoms with Gasteiger partial charge >= 0.3 is 0 Å². The van der Waals surface area contributed by atoms with Crippen LogP contribution in [0.5, 0.6) is 0 Å². The summed E-state index contributed by atoms with van der Waals surface area (Å²) in [5.74, 6) is 0. The Morgan fingerprint density at radius 1 is 1.42 bits per heavy atom. The van der Waals surface area contributed by atoms with E-state index in [2.05, 4.69) is 41.7 Å². The van der Waals surface area contributed by atoms with Crippen LogP contribution in [0.1, 0.15) is 20.3 Å². The van der Waals surface area contributed by atoms with Crippen LogP contribution in [0.4, 0.5) is 0 Å². The van der Waals surface area contributed by atoms with Crippen molar-refractivity contribution in [2.75, 3.05) is 27.3 Å². The Morgan fingerprint density at radius 2 is 2.00 bits per heavy atom. The summed E-state index contributed by atoms with van der Waals surface area (Å²) in [6.45, 7) is 6.33. The van der Waals surface area contributed by atoms with Crippen molar-refractivity contribution < 1.29 is 4.74 Å². The molecule has 0 aromatic carbocycles. The molecule has 3 heteroatoms. The van der Waals surface area contributed by atoms with Gasteiger partial charge in [0.25, 0.3) is 0 Å². The molecule has 2 atom stereocenters. The van der Waals surface area contributed by atoms with Crippen LogP contribution >= 0.6 is 15.9 Å². The van der Waals surface area contributed by atoms with Gasteiger partial charge in [0.05, 0.1) is 0 Å². The largest absolute Gasteiger partial charge is 0.385 e. The van der Waals surface area contributed by atoms with E-state index in [1.54, 1.807) is 7.11 Å². The van der Waals surface area contributed by atoms with Gasteiger partial charge in [-0.3, -0.25) is 0 Å². The maximum atomic E-state index is 5.03. The monoisotopic (exact) mass is 237 g/mol. The standard InChI is InChI=1S/C9H20BrNO/c1-8(10)7-11(3)9(2)5-6-12-4/h8-9H,5-7H2,1-4H3. The summed E-state index contributed by atoms with van der Waals surface area (Å²) >= 11 is 3.54. The smallest absolute Gasteiger partial charge is 0.0477 e. The number of nitrogens with zero attached hydrogens (tertiary/aromatic N) is 1. The predicted molar refractivity (Wildman–Crippen MR) is 57.0 cm³/mol. The first-order chi connectivity index (χ1) is 5.57. The van der Waals surface area contributed by atoms with E-state index in [9.17, 15) is 0 Å². The van der Waals surface area contributed by atoms with E-state index in [4.69, 9.17) is 4.74 Å². The Hall–Kier alpha value is 0.400. The maximum absolute atomic E-state index is 5.03. The number of halogens is 1. The molecule has 0 aliphatic heterocycles. The average Bonchev–Trinajstić information content (AvgIpc) is 1.98. The molecule has 0 saturated heterocycles. The second-order valence-electron chi connectivity index (χ2n) is 3.35. The van der Waals surface area contributed by atoms with Gasteiger partial charge in [-0.1, -0.05) is 22.9 Å². The van der Waals surface area contributed by atoms with Gasteiger partial charge in [-0.05, 0) is 20.4 Å². The fourth-order valence-electron chi connectivity index (χ4n) is 1.09. The molecule has 2 nitrogen and oxygen atoms in total. The lowest BCUT2D eigenvalue weighted by Gasteiger charge is -2.25. The molecule has 12 heavy (non-hydrogen) atoms. The molecule has 0 saturated carbocycles. The third-order valence-corrected chi connectivity index (χ3v) is 2.32. The van der Waals surface area contributed by atoms with Crippen molar-refractivity contribution in [1.82, 2.24) is 4.90 Å². The molecular weight excluding hydrogens is 218 g/mol. The maximum Gasteiger partial charge on any atom is 0.0477 e. The molecule has 74 valence electrons. The fraction of sp³-hybridized carbons (Fsp3) is 1.00. The van der Waals surface area contributed by atoms with Crippen molar-refractivity contribution in [3.8, 4) is 0 Å². The number of rotatable bonds is 6. The number of alkyl halides is 1. The molecule has 0 aliphatic rings. The number of ether oxygens (including phenoxy) is 1. The zero-order valence-electron chi connectivity index (χ0n) is 8.51. The quantitative estimate of drug-likeness (QED) is 0.657. The summed E-state index contributed by atoms with van der Waals surface area (Å²) < 4.78 is 5.03. The third-order valence-electron chi connectivity index (χ3n) is 2.03. The number of hydrogen-bond acceptors (Lipinski definition) is 2. The van der Waals surface area contributed by atoms with Crippen molar-refractivity contribution in [3.63, 3.8) is 0 Å². The van der Waals surface area contributed by atoms with E-state index >= 15 is 0 Å². The zero-order valence-corrected chi connectivity index (χ0v) is 10.1. The Morgan fingerprint density at radius 3 is 2.42 bits per heavy atom. The molecule has 0 heterocycles. The van der Waals surface area contributed by atoms with Crippen molar-refractivity contribution in [2.45, 2.75) is 31.1 Å². The molecule has 0 aromatic rings. The highest BCUT2D eigenvalue weighted by molar-refractivity contribution is 9.09. The van der Waals surface area contributed by atoms with Gasteiger partial charge in [0, 0.05) is 31.1 Å². The van der Waals surface area contributed by atoms with E-state index in [1.807, 2.05) is 0 Å². The van der Waals surface area contributed by atoms with Crippen LogP contribution in [0.25, 0.3) is 0 Å². The second kappa shape index (κ2) is 6.87. The van der Waals surface area contributed by atoms with Crippen LogP contribution in [0.3, 0.4) is 0 Å². The first-order valence-electron chi connectivity index (χ1n) is 4.41. The summed E-state index contributed by atoms with van der Waals surface area (Å²) in [4.78, 5) is 2.91. The van der Waals surface area contributed by atoms with Gasteiger partial charge in [0.15, 0.2) is 0 Å². The fourth-order valence-corrected chi connectivity index (χ4v) is 1.54. The highest BCUT2D eigenvalue weighted by atomic mass is 79.9. The Kier molecular flexibility index (Phi) is 7.10. The van der Waals surface area contributed by atoms with Crippen molar-refractivity contribution >= 4 is 15.9 Å². The SMILES string of the molecule is COCCC(C)N(C)CC(C)Br. The molecule has 0 amide bonds. The molecule has 0 fully saturated rings. The third kappa shape index (κ3) is 5.98. The Labute approximate surface area is 84.4 Å². The highest BCUT2D eigenvalue weighted by Crippen LogP contribution is 2.06. The second-order valence-corrected chi connectivity index (χ2v) is 4.91. The number of methoxy groups -OCH3 is 1. The van der Waals surface area contributed by atoms with Crippen LogP contribution in [0, 0.1) is 0 Å². The minimum absolute atomic E-state index is 0.562. The summed E-state index contributed by atoms with van der Waals surface area (Å²) in [7, 11) is 3.90. The average molecular weight is 238 g/mol. The van der Waals surface area contributed by atoms with Crippen molar-refractivity contribution in [1.29, 1.82) is 0 Å². The van der Waals surface area contributed by atoms with Gasteiger partial charge in [-0.2, -0.15) is 0 Å². The van der Waals surface area contributed by atoms with Gasteiger partial charge in [-0.25, -0.2) is 0 Å². The summed E-state index contributed by atoms with van der Waals surface area (Å²) in [5.41, 5.74) is 0. The van der Waals surface area contributed by atoms with Crippen molar-refractivity contribution in [3.05, 3.63) is 0 Å². The summed E-state index contributed by atoms with van der Waals surface area (Å²) in [6.07, 6.45) is 1.10. The van der Waals surface area contributed by atoms with Crippen LogP contribution < -0.4 is 0 Å². The van der Waals surface area contributed by atoms with Crippen molar-refractivity contribution in [2.24, 2.45) is 0 Å². The molecule has 0 N–H and O–H groups in total.